The topological polar surface area (TPSA) is 36.9 Å². The molecule has 0 fully saturated rings. The van der Waals surface area contributed by atoms with Crippen LogP contribution in [-0.2, 0) is 19.6 Å². The van der Waals surface area contributed by atoms with Crippen molar-refractivity contribution in [1.82, 2.24) is 0 Å². The Morgan fingerprint density at radius 3 is 2.19 bits per heavy atom. The molecule has 0 saturated carbocycles. The largest absolute Gasteiger partial charge is 0.491 e. The highest BCUT2D eigenvalue weighted by Crippen LogP contribution is 2.41. The molecular weight excluding hydrogens is 516 g/mol. The van der Waals surface area contributed by atoms with Crippen LogP contribution in [0.15, 0.2) is 96.5 Å². The third kappa shape index (κ3) is 9.90. The SMILES string of the molecule is C=C/C=C/c1ccc(Br)cc1C(CCOCCOCC=C)(CCOCCOc1ccccc1)C(=C)C. The monoisotopic (exact) mass is 554 g/mol. The molecule has 0 radical (unpaired) electrons. The fourth-order valence-corrected chi connectivity index (χ4v) is 4.39. The van der Waals surface area contributed by atoms with Gasteiger partial charge in [0.1, 0.15) is 12.4 Å². The van der Waals surface area contributed by atoms with Crippen molar-refractivity contribution in [3.63, 3.8) is 0 Å². The van der Waals surface area contributed by atoms with Gasteiger partial charge in [-0.25, -0.2) is 0 Å². The highest BCUT2D eigenvalue weighted by Gasteiger charge is 2.34. The van der Waals surface area contributed by atoms with E-state index in [9.17, 15) is 0 Å². The van der Waals surface area contributed by atoms with Gasteiger partial charge in [-0.1, -0.05) is 83.2 Å². The fourth-order valence-electron chi connectivity index (χ4n) is 4.03. The molecule has 0 bridgehead atoms. The fraction of sp³-hybridized carbons (Fsp3) is 0.355. The minimum absolute atomic E-state index is 0.327. The molecule has 1 atom stereocenters. The van der Waals surface area contributed by atoms with E-state index in [2.05, 4.69) is 66.9 Å². The van der Waals surface area contributed by atoms with Crippen LogP contribution in [-0.4, -0.2) is 46.2 Å². The van der Waals surface area contributed by atoms with E-state index in [1.807, 2.05) is 36.4 Å². The van der Waals surface area contributed by atoms with Crippen molar-refractivity contribution >= 4 is 22.0 Å². The molecule has 0 amide bonds. The van der Waals surface area contributed by atoms with E-state index in [4.69, 9.17) is 18.9 Å². The highest BCUT2D eigenvalue weighted by atomic mass is 79.9. The summed E-state index contributed by atoms with van der Waals surface area (Å²) in [5.74, 6) is 0.847. The van der Waals surface area contributed by atoms with Crippen LogP contribution in [0.4, 0.5) is 0 Å². The van der Waals surface area contributed by atoms with Crippen molar-refractivity contribution in [1.29, 1.82) is 0 Å². The first-order chi connectivity index (χ1) is 17.5. The number of halogens is 1. The zero-order chi connectivity index (χ0) is 26.1. The molecule has 4 nitrogen and oxygen atoms in total. The number of hydrogen-bond donors (Lipinski definition) is 0. The third-order valence-corrected chi connectivity index (χ3v) is 6.45. The lowest BCUT2D eigenvalue weighted by molar-refractivity contribution is 0.0464. The van der Waals surface area contributed by atoms with Crippen molar-refractivity contribution in [3.8, 4) is 5.75 Å². The zero-order valence-electron chi connectivity index (χ0n) is 21.4. The first-order valence-corrected chi connectivity index (χ1v) is 13.1. The maximum atomic E-state index is 6.02. The summed E-state index contributed by atoms with van der Waals surface area (Å²) in [6.45, 7) is 17.8. The molecule has 2 aromatic carbocycles. The lowest BCUT2D eigenvalue weighted by Gasteiger charge is -2.37. The second-order valence-electron chi connectivity index (χ2n) is 8.44. The van der Waals surface area contributed by atoms with Crippen LogP contribution in [0.2, 0.25) is 0 Å². The standard InChI is InChI=1S/C31H39BrO4/c1-5-7-11-27-14-15-28(32)25-30(27)31(26(3)4,16-19-34-22-21-33-18-6-2)17-20-35-23-24-36-29-12-9-8-10-13-29/h5-15,25H,1-3,16-24H2,4H3/b11-7+. The van der Waals surface area contributed by atoms with E-state index in [1.165, 1.54) is 5.56 Å². The van der Waals surface area contributed by atoms with Crippen LogP contribution in [0.1, 0.15) is 30.9 Å². The number of hydrogen-bond acceptors (Lipinski definition) is 4. The lowest BCUT2D eigenvalue weighted by Crippen LogP contribution is -2.32. The summed E-state index contributed by atoms with van der Waals surface area (Å²) >= 11 is 3.67. The lowest BCUT2D eigenvalue weighted by atomic mass is 9.69. The number of allylic oxidation sites excluding steroid dienone is 3. The molecule has 0 N–H and O–H groups in total. The molecular formula is C31H39BrO4. The summed E-state index contributed by atoms with van der Waals surface area (Å²) in [7, 11) is 0. The van der Waals surface area contributed by atoms with Gasteiger partial charge in [0.2, 0.25) is 0 Å². The summed E-state index contributed by atoms with van der Waals surface area (Å²) in [5, 5.41) is 0. The summed E-state index contributed by atoms with van der Waals surface area (Å²) in [6, 6.07) is 16.1. The summed E-state index contributed by atoms with van der Waals surface area (Å²) < 4.78 is 24.2. The summed E-state index contributed by atoms with van der Waals surface area (Å²) in [6.07, 6.45) is 9.12. The van der Waals surface area contributed by atoms with Crippen molar-refractivity contribution in [3.05, 3.63) is 108 Å². The van der Waals surface area contributed by atoms with Crippen molar-refractivity contribution in [2.24, 2.45) is 0 Å². The number of ether oxygens (including phenoxy) is 4. The van der Waals surface area contributed by atoms with Crippen LogP contribution < -0.4 is 4.74 Å². The smallest absolute Gasteiger partial charge is 0.119 e. The Hall–Kier alpha value is -2.44. The average Bonchev–Trinajstić information content (AvgIpc) is 2.88. The normalized spacial score (nSPS) is 12.8. The zero-order valence-corrected chi connectivity index (χ0v) is 23.0. The third-order valence-electron chi connectivity index (χ3n) is 5.95. The number of benzene rings is 2. The average molecular weight is 556 g/mol. The van der Waals surface area contributed by atoms with E-state index in [-0.39, 0.29) is 5.41 Å². The molecule has 36 heavy (non-hydrogen) atoms. The van der Waals surface area contributed by atoms with Gasteiger partial charge < -0.3 is 18.9 Å². The second kappa shape index (κ2) is 17.1. The van der Waals surface area contributed by atoms with Crippen LogP contribution in [0.5, 0.6) is 5.75 Å². The first kappa shape index (κ1) is 29.8. The molecule has 0 aliphatic heterocycles. The van der Waals surface area contributed by atoms with Crippen LogP contribution >= 0.6 is 15.9 Å². The Kier molecular flexibility index (Phi) is 14.1. The quantitative estimate of drug-likeness (QED) is 0.102. The van der Waals surface area contributed by atoms with Gasteiger partial charge in [-0.05, 0) is 55.2 Å². The molecule has 2 rings (SSSR count). The van der Waals surface area contributed by atoms with E-state index < -0.39 is 0 Å². The van der Waals surface area contributed by atoms with Crippen molar-refractivity contribution in [2.45, 2.75) is 25.2 Å². The Labute approximate surface area is 225 Å². The molecule has 0 aliphatic rings. The number of para-hydroxylation sites is 1. The molecule has 0 aliphatic carbocycles. The van der Waals surface area contributed by atoms with Gasteiger partial charge in [-0.3, -0.25) is 0 Å². The van der Waals surface area contributed by atoms with E-state index in [0.29, 0.717) is 46.2 Å². The minimum atomic E-state index is -0.327. The molecule has 1 unspecified atom stereocenters. The Morgan fingerprint density at radius 1 is 0.889 bits per heavy atom. The first-order valence-electron chi connectivity index (χ1n) is 12.3. The molecule has 0 aromatic heterocycles. The van der Waals surface area contributed by atoms with E-state index in [0.717, 1.165) is 34.2 Å². The van der Waals surface area contributed by atoms with Gasteiger partial charge in [0.25, 0.3) is 0 Å². The predicted octanol–water partition coefficient (Wildman–Crippen LogP) is 7.56. The van der Waals surface area contributed by atoms with Gasteiger partial charge in [0.05, 0.1) is 26.4 Å². The van der Waals surface area contributed by atoms with E-state index >= 15 is 0 Å². The van der Waals surface area contributed by atoms with Crippen LogP contribution in [0.25, 0.3) is 6.08 Å². The predicted molar refractivity (Wildman–Crippen MR) is 154 cm³/mol. The minimum Gasteiger partial charge on any atom is -0.491 e. The molecule has 0 saturated heterocycles. The molecule has 194 valence electrons. The number of rotatable bonds is 19. The molecule has 5 heteroatoms. The molecule has 0 heterocycles. The summed E-state index contributed by atoms with van der Waals surface area (Å²) in [4.78, 5) is 0. The summed E-state index contributed by atoms with van der Waals surface area (Å²) in [5.41, 5.74) is 3.07. The Morgan fingerprint density at radius 2 is 1.56 bits per heavy atom. The van der Waals surface area contributed by atoms with Gasteiger partial charge in [0.15, 0.2) is 0 Å². The van der Waals surface area contributed by atoms with Crippen molar-refractivity contribution < 1.29 is 18.9 Å². The van der Waals surface area contributed by atoms with E-state index in [1.54, 1.807) is 12.2 Å². The van der Waals surface area contributed by atoms with Gasteiger partial charge in [0, 0.05) is 23.1 Å². The maximum Gasteiger partial charge on any atom is 0.119 e. The maximum absolute atomic E-state index is 6.02. The molecule has 0 spiro atoms. The van der Waals surface area contributed by atoms with Gasteiger partial charge in [-0.2, -0.15) is 0 Å². The Bertz CT molecular complexity index is 970. The highest BCUT2D eigenvalue weighted by molar-refractivity contribution is 9.10. The van der Waals surface area contributed by atoms with Crippen LogP contribution in [0, 0.1) is 0 Å². The van der Waals surface area contributed by atoms with Gasteiger partial charge >= 0.3 is 0 Å². The molecule has 2 aromatic rings. The van der Waals surface area contributed by atoms with Crippen LogP contribution in [0.3, 0.4) is 0 Å². The Balaban J connectivity index is 2.12. The van der Waals surface area contributed by atoms with Gasteiger partial charge in [-0.15, -0.1) is 6.58 Å². The second-order valence-corrected chi connectivity index (χ2v) is 9.35. The van der Waals surface area contributed by atoms with Crippen molar-refractivity contribution in [2.75, 3.05) is 46.2 Å².